The lowest BCUT2D eigenvalue weighted by Gasteiger charge is -2.15. The first-order chi connectivity index (χ1) is 5.77. The predicted molar refractivity (Wildman–Crippen MR) is 52.7 cm³/mol. The van der Waals surface area contributed by atoms with Crippen LogP contribution in [-0.2, 0) is 12.8 Å². The molecule has 0 spiro atoms. The molecule has 0 saturated carbocycles. The Balaban J connectivity index is 2.56. The smallest absolute Gasteiger partial charge is 0.126 e. The van der Waals surface area contributed by atoms with Gasteiger partial charge in [0, 0.05) is 5.69 Å². The van der Waals surface area contributed by atoms with Crippen LogP contribution in [0.15, 0.2) is 6.07 Å². The van der Waals surface area contributed by atoms with Crippen LogP contribution in [0.5, 0.6) is 0 Å². The van der Waals surface area contributed by atoms with Crippen LogP contribution in [0.3, 0.4) is 0 Å². The Hall–Kier alpha value is -0.830. The SMILES string of the molecule is Nc1cc2c([nH]c1=S)CCCC2. The fourth-order valence-corrected chi connectivity index (χ4v) is 1.88. The second kappa shape index (κ2) is 2.90. The van der Waals surface area contributed by atoms with Crippen molar-refractivity contribution in [3.63, 3.8) is 0 Å². The Morgan fingerprint density at radius 2 is 2.08 bits per heavy atom. The summed E-state index contributed by atoms with van der Waals surface area (Å²) < 4.78 is 0.690. The van der Waals surface area contributed by atoms with Crippen molar-refractivity contribution >= 4 is 17.9 Å². The highest BCUT2D eigenvalue weighted by atomic mass is 32.1. The number of hydrogen-bond donors (Lipinski definition) is 2. The number of aromatic amines is 1. The quantitative estimate of drug-likeness (QED) is 0.601. The molecule has 12 heavy (non-hydrogen) atoms. The third-order valence-electron chi connectivity index (χ3n) is 2.37. The van der Waals surface area contributed by atoms with Crippen LogP contribution >= 0.6 is 12.2 Å². The summed E-state index contributed by atoms with van der Waals surface area (Å²) in [4.78, 5) is 3.19. The van der Waals surface area contributed by atoms with E-state index in [0.717, 1.165) is 12.8 Å². The molecule has 1 aliphatic carbocycles. The van der Waals surface area contributed by atoms with Gasteiger partial charge in [-0.15, -0.1) is 0 Å². The van der Waals surface area contributed by atoms with E-state index in [0.29, 0.717) is 10.3 Å². The van der Waals surface area contributed by atoms with Gasteiger partial charge in [-0.05, 0) is 37.3 Å². The van der Waals surface area contributed by atoms with E-state index in [1.54, 1.807) is 0 Å². The second-order valence-electron chi connectivity index (χ2n) is 3.26. The zero-order chi connectivity index (χ0) is 8.55. The van der Waals surface area contributed by atoms with E-state index in [4.69, 9.17) is 18.0 Å². The summed E-state index contributed by atoms with van der Waals surface area (Å²) in [6.07, 6.45) is 4.81. The number of nitrogens with one attached hydrogen (secondary N) is 1. The maximum Gasteiger partial charge on any atom is 0.126 e. The molecule has 3 heteroatoms. The van der Waals surface area contributed by atoms with Gasteiger partial charge in [0.05, 0.1) is 5.69 Å². The molecular weight excluding hydrogens is 168 g/mol. The number of anilines is 1. The van der Waals surface area contributed by atoms with Gasteiger partial charge in [0.15, 0.2) is 0 Å². The molecule has 1 aromatic rings. The highest BCUT2D eigenvalue weighted by Gasteiger charge is 2.09. The average Bonchev–Trinajstić information content (AvgIpc) is 2.07. The highest BCUT2D eigenvalue weighted by molar-refractivity contribution is 7.71. The first-order valence-electron chi connectivity index (χ1n) is 4.28. The molecule has 0 bridgehead atoms. The van der Waals surface area contributed by atoms with E-state index < -0.39 is 0 Å². The molecule has 0 saturated heterocycles. The summed E-state index contributed by atoms with van der Waals surface area (Å²) >= 11 is 5.06. The largest absolute Gasteiger partial charge is 0.396 e. The van der Waals surface area contributed by atoms with Gasteiger partial charge in [0.2, 0.25) is 0 Å². The van der Waals surface area contributed by atoms with Gasteiger partial charge in [-0.25, -0.2) is 0 Å². The number of rotatable bonds is 0. The first-order valence-corrected chi connectivity index (χ1v) is 4.69. The summed E-state index contributed by atoms with van der Waals surface area (Å²) in [5, 5.41) is 0. The summed E-state index contributed by atoms with van der Waals surface area (Å²) in [5.41, 5.74) is 9.07. The lowest BCUT2D eigenvalue weighted by Crippen LogP contribution is -2.06. The van der Waals surface area contributed by atoms with E-state index in [1.807, 2.05) is 6.07 Å². The number of pyridine rings is 1. The summed E-state index contributed by atoms with van der Waals surface area (Å²) in [6.45, 7) is 0. The molecule has 0 radical (unpaired) electrons. The molecule has 0 unspecified atom stereocenters. The minimum absolute atomic E-state index is 0.690. The van der Waals surface area contributed by atoms with Crippen LogP contribution in [-0.4, -0.2) is 4.98 Å². The highest BCUT2D eigenvalue weighted by Crippen LogP contribution is 2.21. The van der Waals surface area contributed by atoms with Crippen molar-refractivity contribution in [2.45, 2.75) is 25.7 Å². The summed E-state index contributed by atoms with van der Waals surface area (Å²) in [6, 6.07) is 2.02. The summed E-state index contributed by atoms with van der Waals surface area (Å²) in [7, 11) is 0. The standard InChI is InChI=1S/C9H12N2S/c10-7-5-6-3-1-2-4-8(6)11-9(7)12/h5H,1-4,10H2,(H,11,12). The van der Waals surface area contributed by atoms with Crippen molar-refractivity contribution in [1.82, 2.24) is 4.98 Å². The van der Waals surface area contributed by atoms with Crippen LogP contribution in [0.1, 0.15) is 24.1 Å². The normalized spacial score (nSPS) is 15.7. The molecule has 1 aliphatic rings. The molecule has 0 aromatic carbocycles. The van der Waals surface area contributed by atoms with Gasteiger partial charge in [-0.3, -0.25) is 0 Å². The number of nitrogen functional groups attached to an aromatic ring is 1. The molecular formula is C9H12N2S. The number of aromatic nitrogens is 1. The minimum Gasteiger partial charge on any atom is -0.396 e. The number of fused-ring (bicyclic) bond motifs is 1. The van der Waals surface area contributed by atoms with Gasteiger partial charge in [0.25, 0.3) is 0 Å². The second-order valence-corrected chi connectivity index (χ2v) is 3.67. The predicted octanol–water partition coefficient (Wildman–Crippen LogP) is 2.21. The van der Waals surface area contributed by atoms with E-state index >= 15 is 0 Å². The number of H-pyrrole nitrogens is 1. The fourth-order valence-electron chi connectivity index (χ4n) is 1.69. The van der Waals surface area contributed by atoms with Gasteiger partial charge < -0.3 is 10.7 Å². The van der Waals surface area contributed by atoms with Crippen molar-refractivity contribution in [2.24, 2.45) is 0 Å². The van der Waals surface area contributed by atoms with Crippen LogP contribution in [0.4, 0.5) is 5.69 Å². The fraction of sp³-hybridized carbons (Fsp3) is 0.444. The monoisotopic (exact) mass is 180 g/mol. The Bertz CT molecular complexity index is 354. The number of nitrogens with two attached hydrogens (primary N) is 1. The Morgan fingerprint density at radius 1 is 1.33 bits per heavy atom. The van der Waals surface area contributed by atoms with Crippen molar-refractivity contribution in [1.29, 1.82) is 0 Å². The van der Waals surface area contributed by atoms with Gasteiger partial charge in [-0.2, -0.15) is 0 Å². The van der Waals surface area contributed by atoms with Crippen LogP contribution in [0.25, 0.3) is 0 Å². The first kappa shape index (κ1) is 7.80. The zero-order valence-corrected chi connectivity index (χ0v) is 7.71. The minimum atomic E-state index is 0.690. The maximum absolute atomic E-state index is 5.71. The maximum atomic E-state index is 5.71. The molecule has 2 rings (SSSR count). The van der Waals surface area contributed by atoms with Crippen molar-refractivity contribution in [3.8, 4) is 0 Å². The third-order valence-corrected chi connectivity index (χ3v) is 2.70. The topological polar surface area (TPSA) is 41.8 Å². The Kier molecular flexibility index (Phi) is 1.89. The van der Waals surface area contributed by atoms with Crippen LogP contribution in [0.2, 0.25) is 0 Å². The molecule has 0 atom stereocenters. The molecule has 0 fully saturated rings. The van der Waals surface area contributed by atoms with Gasteiger partial charge in [0.1, 0.15) is 4.64 Å². The molecule has 0 aliphatic heterocycles. The van der Waals surface area contributed by atoms with Gasteiger partial charge >= 0.3 is 0 Å². The zero-order valence-electron chi connectivity index (χ0n) is 6.89. The number of aryl methyl sites for hydroxylation is 2. The Morgan fingerprint density at radius 3 is 2.92 bits per heavy atom. The van der Waals surface area contributed by atoms with Crippen molar-refractivity contribution in [2.75, 3.05) is 5.73 Å². The molecule has 64 valence electrons. The number of hydrogen-bond acceptors (Lipinski definition) is 2. The lowest BCUT2D eigenvalue weighted by atomic mass is 9.96. The van der Waals surface area contributed by atoms with E-state index in [-0.39, 0.29) is 0 Å². The van der Waals surface area contributed by atoms with Crippen LogP contribution < -0.4 is 5.73 Å². The van der Waals surface area contributed by atoms with E-state index in [2.05, 4.69) is 4.98 Å². The molecule has 2 nitrogen and oxygen atoms in total. The summed E-state index contributed by atoms with van der Waals surface area (Å²) in [5.74, 6) is 0. The third kappa shape index (κ3) is 1.25. The van der Waals surface area contributed by atoms with Gasteiger partial charge in [-0.1, -0.05) is 12.2 Å². The van der Waals surface area contributed by atoms with E-state index in [1.165, 1.54) is 24.1 Å². The Labute approximate surface area is 76.8 Å². The average molecular weight is 180 g/mol. The molecule has 1 heterocycles. The van der Waals surface area contributed by atoms with Crippen LogP contribution in [0, 0.1) is 4.64 Å². The lowest BCUT2D eigenvalue weighted by molar-refractivity contribution is 0.667. The van der Waals surface area contributed by atoms with Crippen molar-refractivity contribution < 1.29 is 0 Å². The molecule has 0 amide bonds. The van der Waals surface area contributed by atoms with Crippen molar-refractivity contribution in [3.05, 3.63) is 22.0 Å². The molecule has 3 N–H and O–H groups in total. The molecule has 1 aromatic heterocycles. The van der Waals surface area contributed by atoms with E-state index in [9.17, 15) is 0 Å².